The van der Waals surface area contributed by atoms with Crippen LogP contribution in [0.2, 0.25) is 0 Å². The molecule has 0 radical (unpaired) electrons. The van der Waals surface area contributed by atoms with Crippen molar-refractivity contribution in [3.63, 3.8) is 0 Å². The van der Waals surface area contributed by atoms with E-state index in [0.717, 1.165) is 24.1 Å². The summed E-state index contributed by atoms with van der Waals surface area (Å²) in [6.45, 7) is 4.12. The highest BCUT2D eigenvalue weighted by atomic mass is 16.5. The van der Waals surface area contributed by atoms with Crippen LogP contribution in [0, 0.1) is 0 Å². The van der Waals surface area contributed by atoms with Crippen molar-refractivity contribution < 1.29 is 14.6 Å². The maximum absolute atomic E-state index is 10.6. The molecule has 1 aromatic carbocycles. The standard InChI is InChI=1S/C16H23NO3/c1-11(2)20-15-9-14(10-15)17-13-5-3-4-12(8-13)6-7-16(18)19/h3-5,8,11,14-15,17H,6-7,9-10H2,1-2H3,(H,18,19). The summed E-state index contributed by atoms with van der Waals surface area (Å²) in [6.07, 6.45) is 3.50. The van der Waals surface area contributed by atoms with Crippen LogP contribution in [0.3, 0.4) is 0 Å². The lowest BCUT2D eigenvalue weighted by Crippen LogP contribution is -2.41. The van der Waals surface area contributed by atoms with Crippen LogP contribution in [0.5, 0.6) is 0 Å². The third-order valence-corrected chi connectivity index (χ3v) is 3.48. The zero-order valence-electron chi connectivity index (χ0n) is 12.1. The van der Waals surface area contributed by atoms with Crippen molar-refractivity contribution in [1.29, 1.82) is 0 Å². The van der Waals surface area contributed by atoms with Crippen LogP contribution in [-0.2, 0) is 16.0 Å². The van der Waals surface area contributed by atoms with Gasteiger partial charge < -0.3 is 15.2 Å². The minimum atomic E-state index is -0.754. The molecule has 0 spiro atoms. The number of carboxylic acids is 1. The molecule has 1 aliphatic rings. The largest absolute Gasteiger partial charge is 0.481 e. The topological polar surface area (TPSA) is 58.6 Å². The number of carboxylic acid groups (broad SMARTS) is 1. The highest BCUT2D eigenvalue weighted by Crippen LogP contribution is 2.28. The van der Waals surface area contributed by atoms with Gasteiger partial charge in [-0.1, -0.05) is 12.1 Å². The summed E-state index contributed by atoms with van der Waals surface area (Å²) in [4.78, 5) is 10.6. The van der Waals surface area contributed by atoms with Gasteiger partial charge in [-0.15, -0.1) is 0 Å². The summed E-state index contributed by atoms with van der Waals surface area (Å²) in [7, 11) is 0. The SMILES string of the molecule is CC(C)OC1CC(Nc2cccc(CCC(=O)O)c2)C1. The van der Waals surface area contributed by atoms with Crippen molar-refractivity contribution in [2.45, 2.75) is 57.8 Å². The smallest absolute Gasteiger partial charge is 0.303 e. The van der Waals surface area contributed by atoms with Gasteiger partial charge in [0, 0.05) is 18.2 Å². The lowest BCUT2D eigenvalue weighted by molar-refractivity contribution is -0.136. The van der Waals surface area contributed by atoms with Gasteiger partial charge in [-0.3, -0.25) is 4.79 Å². The Morgan fingerprint density at radius 1 is 1.45 bits per heavy atom. The maximum atomic E-state index is 10.6. The molecule has 20 heavy (non-hydrogen) atoms. The van der Waals surface area contributed by atoms with Crippen molar-refractivity contribution >= 4 is 11.7 Å². The molecule has 4 heteroatoms. The lowest BCUT2D eigenvalue weighted by Gasteiger charge is -2.37. The monoisotopic (exact) mass is 277 g/mol. The summed E-state index contributed by atoms with van der Waals surface area (Å²) in [5, 5.41) is 12.2. The molecule has 1 aliphatic carbocycles. The Morgan fingerprint density at radius 3 is 2.85 bits per heavy atom. The van der Waals surface area contributed by atoms with E-state index >= 15 is 0 Å². The van der Waals surface area contributed by atoms with Gasteiger partial charge in [-0.25, -0.2) is 0 Å². The maximum Gasteiger partial charge on any atom is 0.303 e. The average Bonchev–Trinajstić information content (AvgIpc) is 2.34. The third-order valence-electron chi connectivity index (χ3n) is 3.48. The zero-order chi connectivity index (χ0) is 14.5. The second kappa shape index (κ2) is 6.75. The molecular weight excluding hydrogens is 254 g/mol. The van der Waals surface area contributed by atoms with Crippen LogP contribution in [0.4, 0.5) is 5.69 Å². The molecule has 0 unspecified atom stereocenters. The second-order valence-electron chi connectivity index (χ2n) is 5.71. The van der Waals surface area contributed by atoms with E-state index in [1.165, 1.54) is 0 Å². The van der Waals surface area contributed by atoms with Crippen LogP contribution in [0.25, 0.3) is 0 Å². The molecule has 0 atom stereocenters. The predicted molar refractivity (Wildman–Crippen MR) is 79.1 cm³/mol. The van der Waals surface area contributed by atoms with E-state index in [9.17, 15) is 4.79 Å². The van der Waals surface area contributed by atoms with E-state index in [0.29, 0.717) is 24.7 Å². The number of hydrogen-bond acceptors (Lipinski definition) is 3. The number of aryl methyl sites for hydroxylation is 1. The molecule has 0 bridgehead atoms. The molecule has 110 valence electrons. The summed E-state index contributed by atoms with van der Waals surface area (Å²) < 4.78 is 5.74. The highest BCUT2D eigenvalue weighted by molar-refractivity contribution is 5.67. The molecule has 0 heterocycles. The normalized spacial score (nSPS) is 21.6. The van der Waals surface area contributed by atoms with Crippen LogP contribution in [0.15, 0.2) is 24.3 Å². The Bertz CT molecular complexity index is 453. The number of nitrogens with one attached hydrogen (secondary N) is 1. The van der Waals surface area contributed by atoms with Gasteiger partial charge in [0.2, 0.25) is 0 Å². The predicted octanol–water partition coefficient (Wildman–Crippen LogP) is 3.07. The molecule has 0 amide bonds. The van der Waals surface area contributed by atoms with Gasteiger partial charge in [0.05, 0.1) is 12.2 Å². The molecule has 0 saturated heterocycles. The first-order valence-corrected chi connectivity index (χ1v) is 7.25. The van der Waals surface area contributed by atoms with Gasteiger partial charge in [0.1, 0.15) is 0 Å². The summed E-state index contributed by atoms with van der Waals surface area (Å²) in [5.74, 6) is -0.754. The summed E-state index contributed by atoms with van der Waals surface area (Å²) in [6, 6.07) is 8.48. The van der Waals surface area contributed by atoms with E-state index in [1.807, 2.05) is 24.3 Å². The Morgan fingerprint density at radius 2 is 2.20 bits per heavy atom. The van der Waals surface area contributed by atoms with Crippen LogP contribution in [-0.4, -0.2) is 29.3 Å². The molecule has 1 aromatic rings. The molecule has 0 aromatic heterocycles. The van der Waals surface area contributed by atoms with E-state index in [2.05, 4.69) is 19.2 Å². The number of ether oxygens (including phenoxy) is 1. The van der Waals surface area contributed by atoms with Crippen molar-refractivity contribution in [3.05, 3.63) is 29.8 Å². The highest BCUT2D eigenvalue weighted by Gasteiger charge is 2.30. The Kier molecular flexibility index (Phi) is 5.01. The molecule has 0 aliphatic heterocycles. The second-order valence-corrected chi connectivity index (χ2v) is 5.71. The fraction of sp³-hybridized carbons (Fsp3) is 0.562. The third kappa shape index (κ3) is 4.53. The van der Waals surface area contributed by atoms with Crippen LogP contribution >= 0.6 is 0 Å². The first-order chi connectivity index (χ1) is 9.52. The zero-order valence-corrected chi connectivity index (χ0v) is 12.1. The first-order valence-electron chi connectivity index (χ1n) is 7.25. The van der Waals surface area contributed by atoms with Gasteiger partial charge in [0.15, 0.2) is 0 Å². The number of anilines is 1. The summed E-state index contributed by atoms with van der Waals surface area (Å²) >= 11 is 0. The van der Waals surface area contributed by atoms with E-state index in [4.69, 9.17) is 9.84 Å². The van der Waals surface area contributed by atoms with Crippen molar-refractivity contribution in [2.24, 2.45) is 0 Å². The number of benzene rings is 1. The van der Waals surface area contributed by atoms with E-state index in [1.54, 1.807) is 0 Å². The van der Waals surface area contributed by atoms with Crippen molar-refractivity contribution in [3.8, 4) is 0 Å². The van der Waals surface area contributed by atoms with E-state index in [-0.39, 0.29) is 6.42 Å². The van der Waals surface area contributed by atoms with Gasteiger partial charge >= 0.3 is 5.97 Å². The average molecular weight is 277 g/mol. The molecule has 2 rings (SSSR count). The number of carbonyl (C=O) groups is 1. The van der Waals surface area contributed by atoms with Crippen LogP contribution < -0.4 is 5.32 Å². The van der Waals surface area contributed by atoms with Gasteiger partial charge in [-0.2, -0.15) is 0 Å². The number of rotatable bonds is 7. The molecular formula is C16H23NO3. The Balaban J connectivity index is 1.79. The molecule has 4 nitrogen and oxygen atoms in total. The van der Waals surface area contributed by atoms with Gasteiger partial charge in [0.25, 0.3) is 0 Å². The Labute approximate surface area is 120 Å². The Hall–Kier alpha value is -1.55. The van der Waals surface area contributed by atoms with Gasteiger partial charge in [-0.05, 0) is 50.8 Å². The lowest BCUT2D eigenvalue weighted by atomic mass is 9.88. The van der Waals surface area contributed by atoms with Crippen molar-refractivity contribution in [1.82, 2.24) is 0 Å². The summed E-state index contributed by atoms with van der Waals surface area (Å²) in [5.41, 5.74) is 2.13. The van der Waals surface area contributed by atoms with Crippen LogP contribution in [0.1, 0.15) is 38.7 Å². The van der Waals surface area contributed by atoms with Crippen molar-refractivity contribution in [2.75, 3.05) is 5.32 Å². The molecule has 2 N–H and O–H groups in total. The minimum Gasteiger partial charge on any atom is -0.481 e. The number of aliphatic carboxylic acids is 1. The fourth-order valence-electron chi connectivity index (χ4n) is 2.48. The minimum absolute atomic E-state index is 0.178. The quantitative estimate of drug-likeness (QED) is 0.804. The molecule has 1 fully saturated rings. The first kappa shape index (κ1) is 14.9. The van der Waals surface area contributed by atoms with E-state index < -0.39 is 5.97 Å². The number of hydrogen-bond donors (Lipinski definition) is 2. The molecule has 1 saturated carbocycles. The fourth-order valence-corrected chi connectivity index (χ4v) is 2.48.